The molecule has 0 aliphatic heterocycles. The summed E-state index contributed by atoms with van der Waals surface area (Å²) in [6.07, 6.45) is 0.809. The van der Waals surface area contributed by atoms with Crippen molar-refractivity contribution in [1.29, 1.82) is 0 Å². The normalized spacial score (nSPS) is 25.2. The minimum absolute atomic E-state index is 0.00379. The first-order valence-electron chi connectivity index (χ1n) is 15.9. The van der Waals surface area contributed by atoms with Gasteiger partial charge < -0.3 is 0 Å². The quantitative estimate of drug-likeness (QED) is 0.205. The van der Waals surface area contributed by atoms with Gasteiger partial charge in [0.25, 0.3) is 0 Å². The van der Waals surface area contributed by atoms with Crippen molar-refractivity contribution >= 4 is 25.5 Å². The monoisotopic (exact) mass is 658 g/mol. The fourth-order valence-corrected chi connectivity index (χ4v) is 12.0. The molecule has 0 amide bonds. The smallest absolute Gasteiger partial charge is 0.182 e. The van der Waals surface area contributed by atoms with E-state index in [1.807, 2.05) is 45.0 Å². The van der Waals surface area contributed by atoms with Crippen molar-refractivity contribution in [2.75, 3.05) is 0 Å². The average Bonchev–Trinajstić information content (AvgIpc) is 3.04. The molecule has 5 nitrogen and oxygen atoms in total. The summed E-state index contributed by atoms with van der Waals surface area (Å²) in [6.45, 7) is 5.81. The molecule has 0 heterocycles. The maximum absolute atomic E-state index is 15.4. The van der Waals surface area contributed by atoms with Gasteiger partial charge in [0.05, 0.1) is 20.3 Å². The van der Waals surface area contributed by atoms with E-state index in [2.05, 4.69) is 0 Å². The lowest BCUT2D eigenvalue weighted by Gasteiger charge is -2.48. The summed E-state index contributed by atoms with van der Waals surface area (Å²) in [6, 6.07) is 27.3. The highest BCUT2D eigenvalue weighted by Crippen LogP contribution is 2.54. The van der Waals surface area contributed by atoms with E-state index in [-0.39, 0.29) is 40.4 Å². The fraction of sp³-hybridized carbons (Fsp3) is 0.342. The molecule has 0 bridgehead atoms. The molecule has 2 saturated carbocycles. The van der Waals surface area contributed by atoms with Crippen LogP contribution in [0.15, 0.2) is 107 Å². The Hall–Kier alpha value is -3.62. The van der Waals surface area contributed by atoms with E-state index < -0.39 is 59.7 Å². The lowest BCUT2D eigenvalue weighted by atomic mass is 9.61. The molecule has 2 fully saturated rings. The van der Waals surface area contributed by atoms with Crippen molar-refractivity contribution in [3.63, 3.8) is 0 Å². The van der Waals surface area contributed by atoms with E-state index in [1.54, 1.807) is 66.7 Å². The topological polar surface area (TPSA) is 85.3 Å². The van der Waals surface area contributed by atoms with Gasteiger partial charge in [0.15, 0.2) is 19.7 Å². The van der Waals surface area contributed by atoms with E-state index >= 15 is 4.39 Å². The Morgan fingerprint density at radius 3 is 1.80 bits per heavy atom. The van der Waals surface area contributed by atoms with Crippen molar-refractivity contribution in [3.8, 4) is 0 Å². The molecule has 0 radical (unpaired) electrons. The van der Waals surface area contributed by atoms with E-state index in [0.717, 1.165) is 28.7 Å². The van der Waals surface area contributed by atoms with E-state index in [0.29, 0.717) is 0 Å². The highest BCUT2D eigenvalue weighted by Gasteiger charge is 2.56. The zero-order valence-corrected chi connectivity index (χ0v) is 27.9. The number of aryl methyl sites for hydroxylation is 3. The number of rotatable bonds is 7. The van der Waals surface area contributed by atoms with Crippen LogP contribution < -0.4 is 0 Å². The molecule has 6 atom stereocenters. The molecule has 0 spiro atoms. The molecular weight excluding hydrogens is 620 g/mol. The molecular formula is C38H39FO5S2. The predicted octanol–water partition coefficient (Wildman–Crippen LogP) is 7.56. The summed E-state index contributed by atoms with van der Waals surface area (Å²) in [5.74, 6) is -3.75. The number of hydrogen-bond acceptors (Lipinski definition) is 5. The summed E-state index contributed by atoms with van der Waals surface area (Å²) in [5, 5.41) is -2.05. The molecule has 2 aliphatic rings. The Labute approximate surface area is 271 Å². The summed E-state index contributed by atoms with van der Waals surface area (Å²) in [5.41, 5.74) is 3.93. The van der Waals surface area contributed by atoms with Gasteiger partial charge in [-0.15, -0.1) is 0 Å². The molecule has 46 heavy (non-hydrogen) atoms. The van der Waals surface area contributed by atoms with Crippen molar-refractivity contribution in [1.82, 2.24) is 0 Å². The molecule has 6 rings (SSSR count). The van der Waals surface area contributed by atoms with Crippen molar-refractivity contribution < 1.29 is 26.0 Å². The maximum atomic E-state index is 15.4. The van der Waals surface area contributed by atoms with Crippen LogP contribution in [0.3, 0.4) is 0 Å². The Bertz CT molecular complexity index is 1950. The van der Waals surface area contributed by atoms with Crippen LogP contribution in [0.4, 0.5) is 4.39 Å². The van der Waals surface area contributed by atoms with Gasteiger partial charge in [0.1, 0.15) is 11.6 Å². The van der Waals surface area contributed by atoms with E-state index in [9.17, 15) is 21.6 Å². The third kappa shape index (κ3) is 5.86. The second-order valence-electron chi connectivity index (χ2n) is 13.0. The first-order valence-corrected chi connectivity index (χ1v) is 19.0. The number of Topliss-reactive ketones (excluding diaryl/α,β-unsaturated/α-hetero) is 1. The second-order valence-corrected chi connectivity index (χ2v) is 17.2. The minimum Gasteiger partial charge on any atom is -0.299 e. The van der Waals surface area contributed by atoms with Gasteiger partial charge in [0, 0.05) is 24.2 Å². The molecule has 0 N–H and O–H groups in total. The molecule has 0 saturated heterocycles. The highest BCUT2D eigenvalue weighted by molar-refractivity contribution is 7.92. The number of ketones is 1. The number of carbonyl (C=O) groups excluding carboxylic acids is 1. The maximum Gasteiger partial charge on any atom is 0.182 e. The third-order valence-corrected chi connectivity index (χ3v) is 14.8. The predicted molar refractivity (Wildman–Crippen MR) is 178 cm³/mol. The molecule has 4 unspecified atom stereocenters. The Kier molecular flexibility index (Phi) is 8.81. The van der Waals surface area contributed by atoms with Crippen molar-refractivity contribution in [2.45, 2.75) is 78.6 Å². The fourth-order valence-electron chi connectivity index (χ4n) is 7.71. The van der Waals surface area contributed by atoms with Gasteiger partial charge >= 0.3 is 0 Å². The number of hydrogen-bond donors (Lipinski definition) is 0. The van der Waals surface area contributed by atoms with Crippen LogP contribution in [0.2, 0.25) is 0 Å². The minimum atomic E-state index is -4.08. The number of carbonyl (C=O) groups is 1. The molecule has 240 valence electrons. The zero-order valence-electron chi connectivity index (χ0n) is 26.3. The summed E-state index contributed by atoms with van der Waals surface area (Å²) < 4.78 is 73.5. The van der Waals surface area contributed by atoms with Gasteiger partial charge in [-0.05, 0) is 86.1 Å². The van der Waals surface area contributed by atoms with Crippen LogP contribution in [0.1, 0.15) is 65.8 Å². The first kappa shape index (κ1) is 32.3. The van der Waals surface area contributed by atoms with Crippen molar-refractivity contribution in [3.05, 3.63) is 131 Å². The number of benzene rings is 4. The van der Waals surface area contributed by atoms with Gasteiger partial charge in [-0.1, -0.05) is 84.8 Å². The highest BCUT2D eigenvalue weighted by atomic mass is 32.2. The van der Waals surface area contributed by atoms with Gasteiger partial charge in [0.2, 0.25) is 0 Å². The Morgan fingerprint density at radius 2 is 1.24 bits per heavy atom. The standard InChI is InChI=1S/C38H39FO5S2/c1-4-26-13-15-27(16-14-26)31-21-33-32(23-37(31)45(41,42)28-17-9-24(2)10-18-28)36(40)22-34(30-7-5-6-8-35(30)39)38(33)46(43,44)29-19-11-25(3)12-20-29/h5-20,31-34,37-38H,4,21-23H2,1-3H3/t31?,32-,33+,34?,37?,38?/m1/s1. The first-order chi connectivity index (χ1) is 21.9. The molecule has 2 aliphatic carbocycles. The summed E-state index contributed by atoms with van der Waals surface area (Å²) in [7, 11) is -7.99. The molecule has 8 heteroatoms. The molecule has 0 aromatic heterocycles. The number of sulfone groups is 2. The SMILES string of the molecule is CCc1ccc(C2C[C@@H]3C(S(=O)(=O)c4ccc(C)cc4)C(c4ccccc4F)CC(=O)[C@@H]3CC2S(=O)(=O)c2ccc(C)cc2)cc1. The van der Waals surface area contributed by atoms with E-state index in [4.69, 9.17) is 0 Å². The molecule has 4 aromatic rings. The van der Waals surface area contributed by atoms with Gasteiger partial charge in [-0.3, -0.25) is 4.79 Å². The zero-order chi connectivity index (χ0) is 32.8. The second kappa shape index (κ2) is 12.5. The van der Waals surface area contributed by atoms with Crippen LogP contribution in [0, 0.1) is 31.5 Å². The third-order valence-electron chi connectivity index (χ3n) is 10.2. The lowest BCUT2D eigenvalue weighted by Crippen LogP contribution is -2.53. The van der Waals surface area contributed by atoms with Crippen LogP contribution in [0.5, 0.6) is 0 Å². The Balaban J connectivity index is 1.52. The van der Waals surface area contributed by atoms with Crippen LogP contribution >= 0.6 is 0 Å². The van der Waals surface area contributed by atoms with Crippen LogP contribution in [-0.4, -0.2) is 33.1 Å². The van der Waals surface area contributed by atoms with Crippen molar-refractivity contribution in [2.24, 2.45) is 11.8 Å². The lowest BCUT2D eigenvalue weighted by molar-refractivity contribution is -0.128. The van der Waals surface area contributed by atoms with Gasteiger partial charge in [-0.25, -0.2) is 21.2 Å². The number of halogens is 1. The van der Waals surface area contributed by atoms with Crippen LogP contribution in [-0.2, 0) is 30.9 Å². The molecule has 4 aromatic carbocycles. The van der Waals surface area contributed by atoms with Gasteiger partial charge in [-0.2, -0.15) is 0 Å². The Morgan fingerprint density at radius 1 is 0.674 bits per heavy atom. The summed E-state index contributed by atoms with van der Waals surface area (Å²) in [4.78, 5) is 14.4. The average molecular weight is 659 g/mol. The number of fused-ring (bicyclic) bond motifs is 1. The van der Waals surface area contributed by atoms with E-state index in [1.165, 1.54) is 6.07 Å². The summed E-state index contributed by atoms with van der Waals surface area (Å²) >= 11 is 0. The largest absolute Gasteiger partial charge is 0.299 e. The van der Waals surface area contributed by atoms with Crippen LogP contribution in [0.25, 0.3) is 0 Å².